The number of allylic oxidation sites excluding steroid dienone is 1. The number of nitrogens with two attached hydrogens (primary N) is 1. The Balaban J connectivity index is 1.52. The van der Waals surface area contributed by atoms with Crippen LogP contribution in [0.4, 0.5) is 0 Å². The summed E-state index contributed by atoms with van der Waals surface area (Å²) in [7, 11) is 0. The number of rotatable bonds is 3. The van der Waals surface area contributed by atoms with Crippen molar-refractivity contribution < 1.29 is 9.59 Å². The summed E-state index contributed by atoms with van der Waals surface area (Å²) in [5.74, 6) is -0.00346. The third-order valence-corrected chi connectivity index (χ3v) is 5.69. The number of carbonyl (C=O) groups excluding carboxylic acids is 2. The zero-order valence-electron chi connectivity index (χ0n) is 14.0. The molecular weight excluding hydrogens is 290 g/mol. The predicted molar refractivity (Wildman–Crippen MR) is 89.7 cm³/mol. The predicted octanol–water partition coefficient (Wildman–Crippen LogP) is 1.82. The summed E-state index contributed by atoms with van der Waals surface area (Å²) in [4.78, 5) is 28.2. The molecule has 3 aliphatic rings. The molecule has 2 amide bonds. The van der Waals surface area contributed by atoms with E-state index in [1.807, 2.05) is 11.0 Å². The Morgan fingerprint density at radius 3 is 2.30 bits per heavy atom. The molecule has 2 aliphatic heterocycles. The van der Waals surface area contributed by atoms with E-state index in [0.29, 0.717) is 6.04 Å². The number of piperidine rings is 1. The van der Waals surface area contributed by atoms with Crippen LogP contribution in [0, 0.1) is 0 Å². The van der Waals surface area contributed by atoms with Gasteiger partial charge in [-0.25, -0.2) is 0 Å². The quantitative estimate of drug-likeness (QED) is 0.807. The van der Waals surface area contributed by atoms with E-state index < -0.39 is 0 Å². The summed E-state index contributed by atoms with van der Waals surface area (Å²) < 4.78 is 0. The van der Waals surface area contributed by atoms with Gasteiger partial charge in [-0.3, -0.25) is 14.5 Å². The first-order valence-corrected chi connectivity index (χ1v) is 9.18. The van der Waals surface area contributed by atoms with Crippen molar-refractivity contribution in [1.29, 1.82) is 0 Å². The Morgan fingerprint density at radius 2 is 1.65 bits per heavy atom. The molecule has 2 N–H and O–H groups in total. The second kappa shape index (κ2) is 7.47. The van der Waals surface area contributed by atoms with Gasteiger partial charge in [0, 0.05) is 25.2 Å². The Morgan fingerprint density at radius 1 is 0.957 bits per heavy atom. The number of hydrogen-bond acceptors (Lipinski definition) is 3. The zero-order valence-corrected chi connectivity index (χ0v) is 14.0. The number of primary amides is 1. The summed E-state index contributed by atoms with van der Waals surface area (Å²) in [6.45, 7) is 2.57. The first kappa shape index (κ1) is 16.5. The number of amides is 2. The average molecular weight is 319 g/mol. The molecule has 0 unspecified atom stereocenters. The van der Waals surface area contributed by atoms with Crippen molar-refractivity contribution in [2.45, 2.75) is 69.9 Å². The number of likely N-dealkylation sites (tertiary alicyclic amines) is 2. The lowest BCUT2D eigenvalue weighted by molar-refractivity contribution is -0.129. The van der Waals surface area contributed by atoms with Gasteiger partial charge in [0.25, 0.3) is 0 Å². The van der Waals surface area contributed by atoms with E-state index in [9.17, 15) is 9.59 Å². The van der Waals surface area contributed by atoms with Crippen molar-refractivity contribution in [3.05, 3.63) is 11.6 Å². The van der Waals surface area contributed by atoms with Crippen molar-refractivity contribution in [2.24, 2.45) is 5.73 Å². The van der Waals surface area contributed by atoms with Crippen molar-refractivity contribution in [1.82, 2.24) is 9.80 Å². The van der Waals surface area contributed by atoms with Gasteiger partial charge in [-0.1, -0.05) is 12.0 Å². The molecule has 5 nitrogen and oxygen atoms in total. The molecule has 5 heteroatoms. The summed E-state index contributed by atoms with van der Waals surface area (Å²) >= 11 is 0. The van der Waals surface area contributed by atoms with Gasteiger partial charge >= 0.3 is 0 Å². The second-order valence-electron chi connectivity index (χ2n) is 7.22. The second-order valence-corrected chi connectivity index (χ2v) is 7.22. The molecule has 0 radical (unpaired) electrons. The standard InChI is InChI=1S/C18H29N3O2/c19-18(23)16-7-4-10-21(16)15-8-11-20(12-9-15)17(22)13-14-5-2-1-3-6-14/h13,15-16H,1-12H2,(H2,19,23)/t16-/m1/s1. The van der Waals surface area contributed by atoms with Gasteiger partial charge in [-0.15, -0.1) is 0 Å². The highest BCUT2D eigenvalue weighted by atomic mass is 16.2. The third-order valence-electron chi connectivity index (χ3n) is 5.69. The fourth-order valence-corrected chi connectivity index (χ4v) is 4.37. The van der Waals surface area contributed by atoms with Gasteiger partial charge in [-0.05, 0) is 57.9 Å². The Labute approximate surface area is 138 Å². The van der Waals surface area contributed by atoms with Crippen molar-refractivity contribution in [3.8, 4) is 0 Å². The molecule has 23 heavy (non-hydrogen) atoms. The number of hydrogen-bond donors (Lipinski definition) is 1. The summed E-state index contributed by atoms with van der Waals surface area (Å²) in [6, 6.07) is 0.313. The lowest BCUT2D eigenvalue weighted by Crippen LogP contribution is -2.51. The molecule has 2 heterocycles. The van der Waals surface area contributed by atoms with Crippen LogP contribution in [-0.2, 0) is 9.59 Å². The Kier molecular flexibility index (Phi) is 5.36. The van der Waals surface area contributed by atoms with Gasteiger partial charge < -0.3 is 10.6 Å². The van der Waals surface area contributed by atoms with Crippen LogP contribution in [0.3, 0.4) is 0 Å². The van der Waals surface area contributed by atoms with Gasteiger partial charge in [0.05, 0.1) is 6.04 Å². The molecule has 2 saturated heterocycles. The molecule has 3 fully saturated rings. The number of nitrogens with zero attached hydrogens (tertiary/aromatic N) is 2. The fraction of sp³-hybridized carbons (Fsp3) is 0.778. The van der Waals surface area contributed by atoms with E-state index in [1.54, 1.807) is 0 Å². The third kappa shape index (κ3) is 3.94. The van der Waals surface area contributed by atoms with Crippen LogP contribution in [0.15, 0.2) is 11.6 Å². The van der Waals surface area contributed by atoms with Gasteiger partial charge in [0.15, 0.2) is 0 Å². The van der Waals surface area contributed by atoms with Crippen LogP contribution in [0.1, 0.15) is 57.8 Å². The van der Waals surface area contributed by atoms with Crippen LogP contribution >= 0.6 is 0 Å². The lowest BCUT2D eigenvalue weighted by Gasteiger charge is -2.38. The smallest absolute Gasteiger partial charge is 0.246 e. The monoisotopic (exact) mass is 319 g/mol. The molecule has 0 aromatic rings. The van der Waals surface area contributed by atoms with Crippen LogP contribution < -0.4 is 5.73 Å². The minimum atomic E-state index is -0.192. The molecule has 1 aliphatic carbocycles. The minimum absolute atomic E-state index is 0.0911. The maximum Gasteiger partial charge on any atom is 0.246 e. The van der Waals surface area contributed by atoms with Gasteiger partial charge in [-0.2, -0.15) is 0 Å². The summed E-state index contributed by atoms with van der Waals surface area (Å²) in [5.41, 5.74) is 6.85. The Hall–Kier alpha value is -1.36. The summed E-state index contributed by atoms with van der Waals surface area (Å²) in [5, 5.41) is 0. The van der Waals surface area contributed by atoms with E-state index >= 15 is 0 Å². The molecule has 0 spiro atoms. The average Bonchev–Trinajstić information content (AvgIpc) is 3.06. The van der Waals surface area contributed by atoms with Gasteiger partial charge in [0.2, 0.25) is 11.8 Å². The van der Waals surface area contributed by atoms with Crippen LogP contribution in [0.5, 0.6) is 0 Å². The topological polar surface area (TPSA) is 66.6 Å². The van der Waals surface area contributed by atoms with E-state index in [0.717, 1.165) is 58.2 Å². The highest BCUT2D eigenvalue weighted by molar-refractivity contribution is 5.88. The first-order valence-electron chi connectivity index (χ1n) is 9.18. The molecular formula is C18H29N3O2. The Bertz CT molecular complexity index is 473. The van der Waals surface area contributed by atoms with Crippen molar-refractivity contribution >= 4 is 11.8 Å². The maximum atomic E-state index is 12.4. The fourth-order valence-electron chi connectivity index (χ4n) is 4.37. The SMILES string of the molecule is NC(=O)[C@H]1CCCN1C1CCN(C(=O)C=C2CCCCC2)CC1. The molecule has 3 rings (SSSR count). The minimum Gasteiger partial charge on any atom is -0.368 e. The normalized spacial score (nSPS) is 27.2. The molecule has 1 saturated carbocycles. The lowest BCUT2D eigenvalue weighted by atomic mass is 9.94. The van der Waals surface area contributed by atoms with E-state index in [-0.39, 0.29) is 17.9 Å². The first-order chi connectivity index (χ1) is 11.1. The van der Waals surface area contributed by atoms with Crippen molar-refractivity contribution in [2.75, 3.05) is 19.6 Å². The molecule has 0 aromatic heterocycles. The maximum absolute atomic E-state index is 12.4. The molecule has 1 atom stereocenters. The van der Waals surface area contributed by atoms with E-state index in [1.165, 1.54) is 24.8 Å². The summed E-state index contributed by atoms with van der Waals surface area (Å²) in [6.07, 6.45) is 11.7. The van der Waals surface area contributed by atoms with Crippen molar-refractivity contribution in [3.63, 3.8) is 0 Å². The molecule has 0 bridgehead atoms. The number of carbonyl (C=O) groups is 2. The highest BCUT2D eigenvalue weighted by Gasteiger charge is 2.36. The largest absolute Gasteiger partial charge is 0.368 e. The molecule has 0 aromatic carbocycles. The van der Waals surface area contributed by atoms with Crippen LogP contribution in [0.25, 0.3) is 0 Å². The van der Waals surface area contributed by atoms with Crippen LogP contribution in [0.2, 0.25) is 0 Å². The zero-order chi connectivity index (χ0) is 16.2. The van der Waals surface area contributed by atoms with E-state index in [4.69, 9.17) is 5.73 Å². The van der Waals surface area contributed by atoms with Crippen LogP contribution in [-0.4, -0.2) is 53.3 Å². The highest BCUT2D eigenvalue weighted by Crippen LogP contribution is 2.27. The van der Waals surface area contributed by atoms with E-state index in [2.05, 4.69) is 4.90 Å². The van der Waals surface area contributed by atoms with Gasteiger partial charge in [0.1, 0.15) is 0 Å². The molecule has 128 valence electrons.